The highest BCUT2D eigenvalue weighted by Crippen LogP contribution is 1.99. The van der Waals surface area contributed by atoms with Crippen LogP contribution in [0.25, 0.3) is 0 Å². The maximum absolute atomic E-state index is 4.06. The molecule has 0 amide bonds. The third kappa shape index (κ3) is 3.75. The fraction of sp³-hybridized carbons (Fsp3) is 0.143. The van der Waals surface area contributed by atoms with Crippen LogP contribution in [0.3, 0.4) is 0 Å². The van der Waals surface area contributed by atoms with E-state index in [4.69, 9.17) is 0 Å². The van der Waals surface area contributed by atoms with Crippen LogP contribution in [0.1, 0.15) is 6.92 Å². The van der Waals surface area contributed by atoms with Gasteiger partial charge in [0.05, 0.1) is 0 Å². The minimum atomic E-state index is 0.892. The second kappa shape index (κ2) is 4.72. The first-order valence-electron chi connectivity index (χ1n) is 2.45. The van der Waals surface area contributed by atoms with E-state index in [2.05, 4.69) is 19.2 Å². The summed E-state index contributed by atoms with van der Waals surface area (Å²) in [5.41, 5.74) is 0. The molecule has 0 aliphatic carbocycles. The van der Waals surface area contributed by atoms with E-state index < -0.39 is 0 Å². The Morgan fingerprint density at radius 1 is 1.62 bits per heavy atom. The van der Waals surface area contributed by atoms with Crippen molar-refractivity contribution in [2.75, 3.05) is 0 Å². The SMILES string of the molecule is C=C/C(S)=C/C=C\C. The summed E-state index contributed by atoms with van der Waals surface area (Å²) in [4.78, 5) is 0.892. The van der Waals surface area contributed by atoms with E-state index in [0.717, 1.165) is 4.91 Å². The molecule has 0 atom stereocenters. The van der Waals surface area contributed by atoms with Gasteiger partial charge >= 0.3 is 0 Å². The van der Waals surface area contributed by atoms with Crippen LogP contribution >= 0.6 is 12.6 Å². The molecule has 0 rings (SSSR count). The van der Waals surface area contributed by atoms with Gasteiger partial charge in [-0.15, -0.1) is 12.6 Å². The highest BCUT2D eigenvalue weighted by atomic mass is 32.1. The third-order valence-electron chi connectivity index (χ3n) is 0.669. The first-order chi connectivity index (χ1) is 3.81. The van der Waals surface area contributed by atoms with Gasteiger partial charge in [-0.25, -0.2) is 0 Å². The van der Waals surface area contributed by atoms with Gasteiger partial charge in [-0.05, 0) is 13.0 Å². The van der Waals surface area contributed by atoms with Crippen LogP contribution in [0.5, 0.6) is 0 Å². The summed E-state index contributed by atoms with van der Waals surface area (Å²) in [5, 5.41) is 0. The smallest absolute Gasteiger partial charge is 0.00339 e. The number of hydrogen-bond donors (Lipinski definition) is 1. The summed E-state index contributed by atoms with van der Waals surface area (Å²) in [7, 11) is 0. The molecular formula is C7H10S. The van der Waals surface area contributed by atoms with Crippen molar-refractivity contribution in [2.24, 2.45) is 0 Å². The lowest BCUT2D eigenvalue weighted by molar-refractivity contribution is 1.73. The highest BCUT2D eigenvalue weighted by molar-refractivity contribution is 7.84. The van der Waals surface area contributed by atoms with E-state index in [-0.39, 0.29) is 0 Å². The van der Waals surface area contributed by atoms with E-state index in [1.54, 1.807) is 6.08 Å². The molecule has 0 fully saturated rings. The topological polar surface area (TPSA) is 0 Å². The van der Waals surface area contributed by atoms with Gasteiger partial charge in [0.15, 0.2) is 0 Å². The zero-order valence-corrected chi connectivity index (χ0v) is 5.86. The second-order valence-electron chi connectivity index (χ2n) is 1.32. The Morgan fingerprint density at radius 3 is 2.62 bits per heavy atom. The van der Waals surface area contributed by atoms with Crippen LogP contribution in [0, 0.1) is 0 Å². The van der Waals surface area contributed by atoms with Gasteiger partial charge < -0.3 is 0 Å². The van der Waals surface area contributed by atoms with Gasteiger partial charge in [-0.1, -0.05) is 24.8 Å². The van der Waals surface area contributed by atoms with Gasteiger partial charge in [0.25, 0.3) is 0 Å². The van der Waals surface area contributed by atoms with Crippen molar-refractivity contribution in [3.05, 3.63) is 35.8 Å². The Hall–Kier alpha value is -0.430. The average Bonchev–Trinajstić information content (AvgIpc) is 1.83. The fourth-order valence-corrected chi connectivity index (χ4v) is 0.349. The zero-order chi connectivity index (χ0) is 6.41. The minimum Gasteiger partial charge on any atom is -0.143 e. The van der Waals surface area contributed by atoms with Crippen molar-refractivity contribution >= 4 is 12.6 Å². The van der Waals surface area contributed by atoms with E-state index in [1.165, 1.54) is 0 Å². The molecule has 0 aromatic carbocycles. The van der Waals surface area contributed by atoms with E-state index in [0.29, 0.717) is 0 Å². The third-order valence-corrected chi connectivity index (χ3v) is 1.00. The molecule has 0 aliphatic heterocycles. The lowest BCUT2D eigenvalue weighted by Gasteiger charge is -1.80. The van der Waals surface area contributed by atoms with Crippen molar-refractivity contribution in [1.29, 1.82) is 0 Å². The Balaban J connectivity index is 3.74. The normalized spacial score (nSPS) is 12.5. The van der Waals surface area contributed by atoms with Crippen LogP contribution < -0.4 is 0 Å². The van der Waals surface area contributed by atoms with Crippen molar-refractivity contribution in [2.45, 2.75) is 6.92 Å². The average molecular weight is 126 g/mol. The summed E-state index contributed by atoms with van der Waals surface area (Å²) in [6, 6.07) is 0. The summed E-state index contributed by atoms with van der Waals surface area (Å²) in [6.45, 7) is 5.49. The molecule has 0 nitrogen and oxygen atoms in total. The predicted octanol–water partition coefficient (Wildman–Crippen LogP) is 2.56. The van der Waals surface area contributed by atoms with Gasteiger partial charge in [0.2, 0.25) is 0 Å². The van der Waals surface area contributed by atoms with E-state index >= 15 is 0 Å². The summed E-state index contributed by atoms with van der Waals surface area (Å²) in [6.07, 6.45) is 7.45. The molecule has 0 N–H and O–H groups in total. The monoisotopic (exact) mass is 126 g/mol. The van der Waals surface area contributed by atoms with Crippen LogP contribution in [0.2, 0.25) is 0 Å². The number of hydrogen-bond acceptors (Lipinski definition) is 1. The summed E-state index contributed by atoms with van der Waals surface area (Å²) < 4.78 is 0. The molecule has 0 unspecified atom stereocenters. The highest BCUT2D eigenvalue weighted by Gasteiger charge is 1.71. The largest absolute Gasteiger partial charge is 0.143 e. The van der Waals surface area contributed by atoms with Crippen LogP contribution in [-0.2, 0) is 0 Å². The van der Waals surface area contributed by atoms with Crippen molar-refractivity contribution in [1.82, 2.24) is 0 Å². The van der Waals surface area contributed by atoms with E-state index in [1.807, 2.05) is 25.2 Å². The fourth-order valence-electron chi connectivity index (χ4n) is 0.263. The van der Waals surface area contributed by atoms with Gasteiger partial charge in [0.1, 0.15) is 0 Å². The lowest BCUT2D eigenvalue weighted by Crippen LogP contribution is -1.55. The maximum Gasteiger partial charge on any atom is 0.00339 e. The Bertz CT molecular complexity index is 120. The zero-order valence-electron chi connectivity index (χ0n) is 4.96. The Kier molecular flexibility index (Phi) is 4.47. The molecule has 0 spiro atoms. The lowest BCUT2D eigenvalue weighted by atomic mass is 10.4. The second-order valence-corrected chi connectivity index (χ2v) is 1.84. The van der Waals surface area contributed by atoms with Gasteiger partial charge in [-0.3, -0.25) is 0 Å². The van der Waals surface area contributed by atoms with Crippen molar-refractivity contribution < 1.29 is 0 Å². The molecule has 1 heteroatoms. The number of thiol groups is 1. The van der Waals surface area contributed by atoms with Gasteiger partial charge in [-0.2, -0.15) is 0 Å². The molecule has 0 aliphatic rings. The number of allylic oxidation sites excluding steroid dienone is 4. The first kappa shape index (κ1) is 7.57. The molecule has 0 saturated carbocycles. The van der Waals surface area contributed by atoms with Crippen LogP contribution in [-0.4, -0.2) is 0 Å². The standard InChI is InChI=1S/C7H10S/c1-3-5-6-7(8)4-2/h3-6,8H,2H2,1H3/b5-3-,7-6-. The molecule has 0 heterocycles. The Morgan fingerprint density at radius 2 is 2.25 bits per heavy atom. The first-order valence-corrected chi connectivity index (χ1v) is 2.90. The quantitative estimate of drug-likeness (QED) is 0.426. The molecular weight excluding hydrogens is 116 g/mol. The molecule has 0 bridgehead atoms. The number of rotatable bonds is 2. The molecule has 0 saturated heterocycles. The van der Waals surface area contributed by atoms with Crippen LogP contribution in [0.15, 0.2) is 35.8 Å². The molecule has 0 aromatic rings. The van der Waals surface area contributed by atoms with Crippen molar-refractivity contribution in [3.8, 4) is 0 Å². The predicted molar refractivity (Wildman–Crippen MR) is 42.1 cm³/mol. The maximum atomic E-state index is 4.06. The summed E-state index contributed by atoms with van der Waals surface area (Å²) in [5.74, 6) is 0. The van der Waals surface area contributed by atoms with E-state index in [9.17, 15) is 0 Å². The molecule has 44 valence electrons. The van der Waals surface area contributed by atoms with Crippen LogP contribution in [0.4, 0.5) is 0 Å². The van der Waals surface area contributed by atoms with Crippen molar-refractivity contribution in [3.63, 3.8) is 0 Å². The molecule has 8 heavy (non-hydrogen) atoms. The molecule has 0 radical (unpaired) electrons. The Labute approximate surface area is 56.0 Å². The van der Waals surface area contributed by atoms with Gasteiger partial charge in [0, 0.05) is 4.91 Å². The minimum absolute atomic E-state index is 0.892. The summed E-state index contributed by atoms with van der Waals surface area (Å²) >= 11 is 4.06. The molecule has 0 aromatic heterocycles.